The fourth-order valence-electron chi connectivity index (χ4n) is 2.97. The molecule has 2 heterocycles. The molecule has 3 rings (SSSR count). The molecule has 1 fully saturated rings. The first-order valence-corrected chi connectivity index (χ1v) is 6.64. The van der Waals surface area contributed by atoms with Crippen LogP contribution in [-0.2, 0) is 13.0 Å². The van der Waals surface area contributed by atoms with Crippen molar-refractivity contribution >= 4 is 11.6 Å². The molecule has 1 aliphatic carbocycles. The third kappa shape index (κ3) is 1.66. The Bertz CT molecular complexity index is 393. The Morgan fingerprint density at radius 3 is 2.75 bits per heavy atom. The highest BCUT2D eigenvalue weighted by Gasteiger charge is 2.27. The lowest BCUT2D eigenvalue weighted by atomic mass is 10.1. The highest BCUT2D eigenvalue weighted by atomic mass is 35.5. The summed E-state index contributed by atoms with van der Waals surface area (Å²) in [6.45, 7) is 0.841. The molecule has 88 valence electrons. The number of fused-ring (bicyclic) bond motifs is 1. The average Bonchev–Trinajstić information content (AvgIpc) is 2.87. The second-order valence-electron chi connectivity index (χ2n) is 5.09. The van der Waals surface area contributed by atoms with Crippen LogP contribution in [0.3, 0.4) is 0 Å². The molecule has 2 N–H and O–H groups in total. The Labute approximate surface area is 101 Å². The van der Waals surface area contributed by atoms with Gasteiger partial charge < -0.3 is 10.3 Å². The summed E-state index contributed by atoms with van der Waals surface area (Å²) in [5.74, 6) is 1.75. The number of imidazole rings is 1. The molecule has 0 bridgehead atoms. The van der Waals surface area contributed by atoms with Crippen molar-refractivity contribution in [1.29, 1.82) is 0 Å². The minimum Gasteiger partial charge on any atom is -0.326 e. The summed E-state index contributed by atoms with van der Waals surface area (Å²) in [6, 6.07) is 0.246. The predicted molar refractivity (Wildman–Crippen MR) is 64.7 cm³/mol. The van der Waals surface area contributed by atoms with E-state index in [1.807, 2.05) is 0 Å². The second kappa shape index (κ2) is 4.04. The van der Waals surface area contributed by atoms with Gasteiger partial charge in [0.2, 0.25) is 0 Å². The van der Waals surface area contributed by atoms with Crippen LogP contribution < -0.4 is 5.73 Å². The zero-order chi connectivity index (χ0) is 11.1. The van der Waals surface area contributed by atoms with Gasteiger partial charge in [0.25, 0.3) is 0 Å². The number of hydrogen-bond acceptors (Lipinski definition) is 2. The van der Waals surface area contributed by atoms with Gasteiger partial charge in [-0.05, 0) is 19.3 Å². The van der Waals surface area contributed by atoms with E-state index in [1.165, 1.54) is 25.7 Å². The zero-order valence-corrected chi connectivity index (χ0v) is 10.2. The molecule has 3 nitrogen and oxygen atoms in total. The van der Waals surface area contributed by atoms with E-state index in [0.29, 0.717) is 5.92 Å². The van der Waals surface area contributed by atoms with Crippen LogP contribution in [0.15, 0.2) is 0 Å². The third-order valence-corrected chi connectivity index (χ3v) is 4.30. The van der Waals surface area contributed by atoms with Crippen LogP contribution >= 0.6 is 11.6 Å². The van der Waals surface area contributed by atoms with Gasteiger partial charge in [-0.3, -0.25) is 0 Å². The molecule has 0 radical (unpaired) electrons. The van der Waals surface area contributed by atoms with Crippen molar-refractivity contribution in [2.45, 2.75) is 57.0 Å². The first-order valence-electron chi connectivity index (χ1n) is 6.26. The van der Waals surface area contributed by atoms with E-state index >= 15 is 0 Å². The SMILES string of the molecule is NC1CCc2nc(C3CCCC3)c(Cl)n2C1. The fraction of sp³-hybridized carbons (Fsp3) is 0.750. The lowest BCUT2D eigenvalue weighted by Gasteiger charge is -2.20. The van der Waals surface area contributed by atoms with Crippen molar-refractivity contribution in [3.8, 4) is 0 Å². The molecule has 1 aliphatic heterocycles. The number of aromatic nitrogens is 2. The monoisotopic (exact) mass is 239 g/mol. The molecule has 4 heteroatoms. The fourth-order valence-corrected chi connectivity index (χ4v) is 3.34. The summed E-state index contributed by atoms with van der Waals surface area (Å²) in [4.78, 5) is 4.74. The molecule has 1 aromatic heterocycles. The first-order chi connectivity index (χ1) is 7.75. The van der Waals surface area contributed by atoms with Gasteiger partial charge in [0, 0.05) is 24.9 Å². The van der Waals surface area contributed by atoms with Gasteiger partial charge in [0.05, 0.1) is 5.69 Å². The number of nitrogens with zero attached hydrogens (tertiary/aromatic N) is 2. The van der Waals surface area contributed by atoms with Crippen molar-refractivity contribution < 1.29 is 0 Å². The molecular weight excluding hydrogens is 222 g/mol. The Hall–Kier alpha value is -0.540. The molecule has 1 aromatic rings. The molecular formula is C12H18ClN3. The summed E-state index contributed by atoms with van der Waals surface area (Å²) in [7, 11) is 0. The third-order valence-electron chi connectivity index (χ3n) is 3.91. The molecule has 1 unspecified atom stereocenters. The minimum atomic E-state index is 0.246. The van der Waals surface area contributed by atoms with Gasteiger partial charge in [-0.25, -0.2) is 4.98 Å². The topological polar surface area (TPSA) is 43.8 Å². The molecule has 0 amide bonds. The van der Waals surface area contributed by atoms with E-state index in [0.717, 1.165) is 36.1 Å². The average molecular weight is 240 g/mol. The van der Waals surface area contributed by atoms with E-state index in [-0.39, 0.29) is 6.04 Å². The van der Waals surface area contributed by atoms with E-state index in [9.17, 15) is 0 Å². The maximum atomic E-state index is 6.43. The second-order valence-corrected chi connectivity index (χ2v) is 5.45. The van der Waals surface area contributed by atoms with Crippen molar-refractivity contribution in [1.82, 2.24) is 9.55 Å². The van der Waals surface area contributed by atoms with Crippen LogP contribution in [0.2, 0.25) is 5.15 Å². The molecule has 0 spiro atoms. The number of halogens is 1. The standard InChI is InChI=1S/C12H18ClN3/c13-12-11(8-3-1-2-4-8)15-10-6-5-9(14)7-16(10)12/h8-9H,1-7,14H2. The van der Waals surface area contributed by atoms with Gasteiger partial charge in [-0.1, -0.05) is 24.4 Å². The Kier molecular flexibility index (Phi) is 2.68. The van der Waals surface area contributed by atoms with Crippen LogP contribution in [0.25, 0.3) is 0 Å². The zero-order valence-electron chi connectivity index (χ0n) is 9.45. The van der Waals surface area contributed by atoms with Crippen LogP contribution in [0.4, 0.5) is 0 Å². The van der Waals surface area contributed by atoms with Gasteiger partial charge in [0.15, 0.2) is 0 Å². The molecule has 1 saturated carbocycles. The smallest absolute Gasteiger partial charge is 0.132 e. The number of aryl methyl sites for hydroxylation is 1. The summed E-state index contributed by atoms with van der Waals surface area (Å²) >= 11 is 6.43. The normalized spacial score (nSPS) is 26.0. The number of hydrogen-bond donors (Lipinski definition) is 1. The van der Waals surface area contributed by atoms with E-state index < -0.39 is 0 Å². The van der Waals surface area contributed by atoms with Gasteiger partial charge in [0.1, 0.15) is 11.0 Å². The van der Waals surface area contributed by atoms with Crippen LogP contribution in [0, 0.1) is 0 Å². The summed E-state index contributed by atoms with van der Waals surface area (Å²) in [5.41, 5.74) is 7.12. The highest BCUT2D eigenvalue weighted by molar-refractivity contribution is 6.30. The molecule has 0 saturated heterocycles. The molecule has 1 atom stereocenters. The van der Waals surface area contributed by atoms with Gasteiger partial charge >= 0.3 is 0 Å². The summed E-state index contributed by atoms with van der Waals surface area (Å²) < 4.78 is 2.13. The first kappa shape index (κ1) is 10.6. The van der Waals surface area contributed by atoms with Crippen LogP contribution in [0.1, 0.15) is 49.5 Å². The number of rotatable bonds is 1. The van der Waals surface area contributed by atoms with Gasteiger partial charge in [-0.15, -0.1) is 0 Å². The molecule has 0 aromatic carbocycles. The van der Waals surface area contributed by atoms with Crippen LogP contribution in [0.5, 0.6) is 0 Å². The largest absolute Gasteiger partial charge is 0.326 e. The minimum absolute atomic E-state index is 0.246. The summed E-state index contributed by atoms with van der Waals surface area (Å²) in [6.07, 6.45) is 7.17. The number of nitrogens with two attached hydrogens (primary N) is 1. The summed E-state index contributed by atoms with van der Waals surface area (Å²) in [5, 5.41) is 0.858. The molecule has 16 heavy (non-hydrogen) atoms. The van der Waals surface area contributed by atoms with Gasteiger partial charge in [-0.2, -0.15) is 0 Å². The highest BCUT2D eigenvalue weighted by Crippen LogP contribution is 2.38. The van der Waals surface area contributed by atoms with Crippen molar-refractivity contribution in [3.05, 3.63) is 16.7 Å². The Balaban J connectivity index is 1.95. The quantitative estimate of drug-likeness (QED) is 0.818. The Morgan fingerprint density at radius 1 is 1.25 bits per heavy atom. The lowest BCUT2D eigenvalue weighted by molar-refractivity contribution is 0.454. The van der Waals surface area contributed by atoms with Crippen molar-refractivity contribution in [2.24, 2.45) is 5.73 Å². The van der Waals surface area contributed by atoms with Crippen LogP contribution in [-0.4, -0.2) is 15.6 Å². The van der Waals surface area contributed by atoms with Crippen molar-refractivity contribution in [2.75, 3.05) is 0 Å². The van der Waals surface area contributed by atoms with E-state index in [1.54, 1.807) is 0 Å². The van der Waals surface area contributed by atoms with Crippen molar-refractivity contribution in [3.63, 3.8) is 0 Å². The Morgan fingerprint density at radius 2 is 2.00 bits per heavy atom. The predicted octanol–water partition coefficient (Wildman–Crippen LogP) is 2.47. The maximum Gasteiger partial charge on any atom is 0.132 e. The molecule has 2 aliphatic rings. The maximum absolute atomic E-state index is 6.43. The van der Waals surface area contributed by atoms with E-state index in [4.69, 9.17) is 22.3 Å². The van der Waals surface area contributed by atoms with E-state index in [2.05, 4.69) is 4.57 Å². The lowest BCUT2D eigenvalue weighted by Crippen LogP contribution is -2.31.